The zero-order valence-electron chi connectivity index (χ0n) is 8.97. The third-order valence-electron chi connectivity index (χ3n) is 1.62. The molecule has 0 radical (unpaired) electrons. The van der Waals surface area contributed by atoms with Gasteiger partial charge in [-0.1, -0.05) is 0 Å². The van der Waals surface area contributed by atoms with Gasteiger partial charge in [0.2, 0.25) is 0 Å². The van der Waals surface area contributed by atoms with Crippen LogP contribution in [0.1, 0.15) is 12.8 Å². The van der Waals surface area contributed by atoms with Crippen molar-refractivity contribution in [2.24, 2.45) is 0 Å². The summed E-state index contributed by atoms with van der Waals surface area (Å²) in [7, 11) is 3.29. The van der Waals surface area contributed by atoms with Crippen molar-refractivity contribution in [2.75, 3.05) is 40.5 Å². The van der Waals surface area contributed by atoms with Crippen molar-refractivity contribution in [3.8, 4) is 0 Å². The van der Waals surface area contributed by atoms with Gasteiger partial charge in [-0.3, -0.25) is 0 Å². The van der Waals surface area contributed by atoms with Crippen LogP contribution >= 0.6 is 0 Å². The molecule has 2 N–H and O–H groups in total. The molecule has 2 amide bonds. The van der Waals surface area contributed by atoms with Crippen LogP contribution in [0, 0.1) is 0 Å². The lowest BCUT2D eigenvalue weighted by atomic mass is 10.4. The number of methoxy groups -OCH3 is 2. The maximum absolute atomic E-state index is 11.1. The second-order valence-electron chi connectivity index (χ2n) is 2.88. The zero-order chi connectivity index (χ0) is 10.6. The minimum Gasteiger partial charge on any atom is -0.385 e. The van der Waals surface area contributed by atoms with Crippen molar-refractivity contribution in [3.05, 3.63) is 0 Å². The fourth-order valence-corrected chi connectivity index (χ4v) is 0.899. The Morgan fingerprint density at radius 1 is 1.00 bits per heavy atom. The number of ether oxygens (including phenoxy) is 2. The van der Waals surface area contributed by atoms with E-state index in [0.717, 1.165) is 12.8 Å². The topological polar surface area (TPSA) is 59.6 Å². The number of hydrogen-bond donors (Lipinski definition) is 2. The zero-order valence-corrected chi connectivity index (χ0v) is 8.97. The van der Waals surface area contributed by atoms with Crippen LogP contribution in [0.5, 0.6) is 0 Å². The van der Waals surface area contributed by atoms with Crippen LogP contribution in [0.15, 0.2) is 0 Å². The smallest absolute Gasteiger partial charge is 0.314 e. The molecule has 0 aliphatic heterocycles. The molecule has 84 valence electrons. The number of urea groups is 1. The standard InChI is InChI=1S/C9H20N2O3/c1-13-7-3-5-10-9(12)11-6-4-8-14-2/h3-8H2,1-2H3,(H2,10,11,12). The summed E-state index contributed by atoms with van der Waals surface area (Å²) < 4.78 is 9.70. The second kappa shape index (κ2) is 10.3. The average molecular weight is 204 g/mol. The fraction of sp³-hybridized carbons (Fsp3) is 0.889. The number of amides is 2. The van der Waals surface area contributed by atoms with Crippen LogP contribution in [0.4, 0.5) is 4.79 Å². The number of rotatable bonds is 8. The Bertz CT molecular complexity index is 128. The van der Waals surface area contributed by atoms with Gasteiger partial charge in [-0.25, -0.2) is 4.79 Å². The lowest BCUT2D eigenvalue weighted by Crippen LogP contribution is -2.37. The van der Waals surface area contributed by atoms with Gasteiger partial charge in [-0.2, -0.15) is 0 Å². The van der Waals surface area contributed by atoms with Crippen molar-refractivity contribution < 1.29 is 14.3 Å². The Labute approximate surface area is 85.1 Å². The van der Waals surface area contributed by atoms with E-state index in [1.165, 1.54) is 0 Å². The highest BCUT2D eigenvalue weighted by atomic mass is 16.5. The van der Waals surface area contributed by atoms with E-state index < -0.39 is 0 Å². The summed E-state index contributed by atoms with van der Waals surface area (Å²) in [5.74, 6) is 0. The lowest BCUT2D eigenvalue weighted by molar-refractivity contribution is 0.191. The average Bonchev–Trinajstić information content (AvgIpc) is 2.19. The van der Waals surface area contributed by atoms with Crippen LogP contribution in [0.2, 0.25) is 0 Å². The predicted molar refractivity (Wildman–Crippen MR) is 54.4 cm³/mol. The van der Waals surface area contributed by atoms with Crippen molar-refractivity contribution in [1.82, 2.24) is 10.6 Å². The van der Waals surface area contributed by atoms with E-state index in [-0.39, 0.29) is 6.03 Å². The van der Waals surface area contributed by atoms with E-state index in [1.807, 2.05) is 0 Å². The third kappa shape index (κ3) is 9.28. The molecule has 0 heterocycles. The molecule has 0 fully saturated rings. The molecule has 0 aromatic heterocycles. The summed E-state index contributed by atoms with van der Waals surface area (Å²) in [6.45, 7) is 2.63. The molecule has 0 bridgehead atoms. The Kier molecular flexibility index (Phi) is 9.68. The summed E-state index contributed by atoms with van der Waals surface area (Å²) in [5, 5.41) is 5.45. The van der Waals surface area contributed by atoms with Crippen molar-refractivity contribution >= 4 is 6.03 Å². The highest BCUT2D eigenvalue weighted by molar-refractivity contribution is 5.73. The Morgan fingerprint density at radius 3 is 1.79 bits per heavy atom. The molecule has 0 saturated carbocycles. The molecule has 0 spiro atoms. The van der Waals surface area contributed by atoms with Gasteiger partial charge in [0.25, 0.3) is 0 Å². The molecular weight excluding hydrogens is 184 g/mol. The van der Waals surface area contributed by atoms with E-state index in [1.54, 1.807) is 14.2 Å². The molecule has 5 heteroatoms. The Hall–Kier alpha value is -0.810. The van der Waals surface area contributed by atoms with E-state index in [2.05, 4.69) is 10.6 Å². The predicted octanol–water partition coefficient (Wildman–Crippen LogP) is 0.359. The van der Waals surface area contributed by atoms with Gasteiger partial charge in [0.15, 0.2) is 0 Å². The third-order valence-corrected chi connectivity index (χ3v) is 1.62. The van der Waals surface area contributed by atoms with Gasteiger partial charge in [0.1, 0.15) is 0 Å². The van der Waals surface area contributed by atoms with Gasteiger partial charge in [0, 0.05) is 40.5 Å². The molecule has 0 saturated heterocycles. The van der Waals surface area contributed by atoms with E-state index in [4.69, 9.17) is 9.47 Å². The lowest BCUT2D eigenvalue weighted by Gasteiger charge is -2.06. The van der Waals surface area contributed by atoms with E-state index >= 15 is 0 Å². The SMILES string of the molecule is COCCCNC(=O)NCCCOC. The van der Waals surface area contributed by atoms with Crippen molar-refractivity contribution in [2.45, 2.75) is 12.8 Å². The number of nitrogens with one attached hydrogen (secondary N) is 2. The van der Waals surface area contributed by atoms with Crippen LogP contribution in [-0.4, -0.2) is 46.6 Å². The number of hydrogen-bond acceptors (Lipinski definition) is 3. The van der Waals surface area contributed by atoms with E-state index in [0.29, 0.717) is 26.3 Å². The number of carbonyl (C=O) groups is 1. The second-order valence-corrected chi connectivity index (χ2v) is 2.88. The van der Waals surface area contributed by atoms with Crippen LogP contribution < -0.4 is 10.6 Å². The summed E-state index contributed by atoms with van der Waals surface area (Å²) in [6, 6.07) is -0.128. The fourth-order valence-electron chi connectivity index (χ4n) is 0.899. The first-order chi connectivity index (χ1) is 6.81. The normalized spacial score (nSPS) is 9.86. The van der Waals surface area contributed by atoms with Gasteiger partial charge >= 0.3 is 6.03 Å². The van der Waals surface area contributed by atoms with Gasteiger partial charge in [0.05, 0.1) is 0 Å². The molecule has 14 heavy (non-hydrogen) atoms. The monoisotopic (exact) mass is 204 g/mol. The maximum atomic E-state index is 11.1. The van der Waals surface area contributed by atoms with Gasteiger partial charge in [-0.15, -0.1) is 0 Å². The molecule has 0 rings (SSSR count). The Balaban J connectivity index is 3.11. The van der Waals surface area contributed by atoms with Gasteiger partial charge < -0.3 is 20.1 Å². The van der Waals surface area contributed by atoms with Crippen LogP contribution in [0.3, 0.4) is 0 Å². The molecule has 5 nitrogen and oxygen atoms in total. The quantitative estimate of drug-likeness (QED) is 0.561. The first kappa shape index (κ1) is 13.2. The summed E-state index contributed by atoms with van der Waals surface area (Å²) in [6.07, 6.45) is 1.67. The van der Waals surface area contributed by atoms with Crippen LogP contribution in [0.25, 0.3) is 0 Å². The van der Waals surface area contributed by atoms with Gasteiger partial charge in [-0.05, 0) is 12.8 Å². The van der Waals surface area contributed by atoms with Crippen molar-refractivity contribution in [1.29, 1.82) is 0 Å². The highest BCUT2D eigenvalue weighted by Crippen LogP contribution is 1.79. The maximum Gasteiger partial charge on any atom is 0.314 e. The largest absolute Gasteiger partial charge is 0.385 e. The van der Waals surface area contributed by atoms with Crippen LogP contribution in [-0.2, 0) is 9.47 Å². The minimum absolute atomic E-state index is 0.128. The molecule has 0 atom stereocenters. The molecule has 0 unspecified atom stereocenters. The first-order valence-electron chi connectivity index (χ1n) is 4.81. The van der Waals surface area contributed by atoms with E-state index in [9.17, 15) is 4.79 Å². The van der Waals surface area contributed by atoms with Crippen molar-refractivity contribution in [3.63, 3.8) is 0 Å². The molecule has 0 aliphatic rings. The molecular formula is C9H20N2O3. The molecule has 0 aromatic rings. The number of carbonyl (C=O) groups excluding carboxylic acids is 1. The molecule has 0 aromatic carbocycles. The highest BCUT2D eigenvalue weighted by Gasteiger charge is 1.97. The minimum atomic E-state index is -0.128. The summed E-state index contributed by atoms with van der Waals surface area (Å²) in [4.78, 5) is 11.1. The Morgan fingerprint density at radius 2 is 1.43 bits per heavy atom. The summed E-state index contributed by atoms with van der Waals surface area (Å²) >= 11 is 0. The molecule has 0 aliphatic carbocycles. The summed E-state index contributed by atoms with van der Waals surface area (Å²) in [5.41, 5.74) is 0. The first-order valence-corrected chi connectivity index (χ1v) is 4.81.